The molecule has 1 atom stereocenters. The number of nitrogens with two attached hydrogens (primary N) is 1. The standard InChI is InChI=1S/C12H16ClNO3/c1-16-11-6-4-9(13)7-8(11)3-5-10(14)12(15)17-2/h4,6-7,10H,3,5,14H2,1-2H3. The average molecular weight is 258 g/mol. The van der Waals surface area contributed by atoms with Crippen molar-refractivity contribution >= 4 is 17.6 Å². The summed E-state index contributed by atoms with van der Waals surface area (Å²) in [5, 5.41) is 0.632. The molecule has 1 rings (SSSR count). The van der Waals surface area contributed by atoms with Gasteiger partial charge in [-0.05, 0) is 36.6 Å². The van der Waals surface area contributed by atoms with E-state index in [0.717, 1.165) is 11.3 Å². The number of halogens is 1. The normalized spacial score (nSPS) is 12.0. The molecule has 0 fully saturated rings. The molecule has 1 aromatic rings. The van der Waals surface area contributed by atoms with Crippen molar-refractivity contribution in [2.75, 3.05) is 14.2 Å². The van der Waals surface area contributed by atoms with Crippen LogP contribution in [0.5, 0.6) is 5.75 Å². The Hall–Kier alpha value is -1.26. The van der Waals surface area contributed by atoms with Gasteiger partial charge in [-0.25, -0.2) is 0 Å². The van der Waals surface area contributed by atoms with Gasteiger partial charge in [-0.2, -0.15) is 0 Å². The lowest BCUT2D eigenvalue weighted by Crippen LogP contribution is -2.31. The topological polar surface area (TPSA) is 61.5 Å². The summed E-state index contributed by atoms with van der Waals surface area (Å²) < 4.78 is 9.76. The van der Waals surface area contributed by atoms with Crippen LogP contribution in [0.15, 0.2) is 18.2 Å². The minimum Gasteiger partial charge on any atom is -0.496 e. The monoisotopic (exact) mass is 257 g/mol. The van der Waals surface area contributed by atoms with Crippen LogP contribution < -0.4 is 10.5 Å². The molecule has 94 valence electrons. The molecule has 0 aliphatic carbocycles. The first kappa shape index (κ1) is 13.8. The molecule has 0 radical (unpaired) electrons. The number of hydrogen-bond acceptors (Lipinski definition) is 4. The van der Waals surface area contributed by atoms with Gasteiger partial charge in [0.25, 0.3) is 0 Å². The van der Waals surface area contributed by atoms with Crippen molar-refractivity contribution in [2.45, 2.75) is 18.9 Å². The summed E-state index contributed by atoms with van der Waals surface area (Å²) in [6.45, 7) is 0. The lowest BCUT2D eigenvalue weighted by atomic mass is 10.0. The van der Waals surface area contributed by atoms with E-state index in [1.807, 2.05) is 6.07 Å². The number of rotatable bonds is 5. The highest BCUT2D eigenvalue weighted by Gasteiger charge is 2.14. The summed E-state index contributed by atoms with van der Waals surface area (Å²) in [7, 11) is 2.91. The molecule has 0 spiro atoms. The maximum atomic E-state index is 11.1. The van der Waals surface area contributed by atoms with Crippen LogP contribution >= 0.6 is 11.6 Å². The number of ether oxygens (including phenoxy) is 2. The van der Waals surface area contributed by atoms with Crippen molar-refractivity contribution in [3.05, 3.63) is 28.8 Å². The molecule has 0 bridgehead atoms. The third-order valence-corrected chi connectivity index (χ3v) is 2.71. The first-order valence-corrected chi connectivity index (χ1v) is 5.62. The van der Waals surface area contributed by atoms with Crippen LogP contribution in [-0.4, -0.2) is 26.2 Å². The minimum atomic E-state index is -0.622. The molecule has 1 unspecified atom stereocenters. The SMILES string of the molecule is COC(=O)C(N)CCc1cc(Cl)ccc1OC. The van der Waals surface area contributed by atoms with Crippen LogP contribution in [0.4, 0.5) is 0 Å². The predicted molar refractivity (Wildman–Crippen MR) is 66.3 cm³/mol. The summed E-state index contributed by atoms with van der Waals surface area (Å²) in [6, 6.07) is 4.74. The van der Waals surface area contributed by atoms with Crippen molar-refractivity contribution in [3.63, 3.8) is 0 Å². The van der Waals surface area contributed by atoms with E-state index >= 15 is 0 Å². The van der Waals surface area contributed by atoms with Gasteiger partial charge in [-0.15, -0.1) is 0 Å². The number of hydrogen-bond donors (Lipinski definition) is 1. The maximum Gasteiger partial charge on any atom is 0.322 e. The fourth-order valence-corrected chi connectivity index (χ4v) is 1.72. The molecule has 17 heavy (non-hydrogen) atoms. The highest BCUT2D eigenvalue weighted by Crippen LogP contribution is 2.24. The Morgan fingerprint density at radius 1 is 1.47 bits per heavy atom. The first-order valence-electron chi connectivity index (χ1n) is 5.24. The summed E-state index contributed by atoms with van der Waals surface area (Å²) in [6.07, 6.45) is 1.10. The molecule has 0 aliphatic rings. The molecule has 0 saturated heterocycles. The molecular formula is C12H16ClNO3. The quantitative estimate of drug-likeness (QED) is 0.817. The van der Waals surface area contributed by atoms with Crippen molar-refractivity contribution in [3.8, 4) is 5.75 Å². The van der Waals surface area contributed by atoms with Gasteiger partial charge in [0.05, 0.1) is 14.2 Å². The zero-order valence-corrected chi connectivity index (χ0v) is 10.7. The van der Waals surface area contributed by atoms with Crippen LogP contribution in [-0.2, 0) is 16.0 Å². The van der Waals surface area contributed by atoms with Gasteiger partial charge in [0.2, 0.25) is 0 Å². The maximum absolute atomic E-state index is 11.1. The summed E-state index contributed by atoms with van der Waals surface area (Å²) in [4.78, 5) is 11.1. The molecule has 1 aromatic carbocycles. The van der Waals surface area contributed by atoms with Gasteiger partial charge >= 0.3 is 5.97 Å². The number of aryl methyl sites for hydroxylation is 1. The van der Waals surface area contributed by atoms with E-state index in [-0.39, 0.29) is 0 Å². The summed E-state index contributed by atoms with van der Waals surface area (Å²) in [5.74, 6) is 0.331. The van der Waals surface area contributed by atoms with E-state index in [4.69, 9.17) is 22.1 Å². The van der Waals surface area contributed by atoms with E-state index < -0.39 is 12.0 Å². The summed E-state index contributed by atoms with van der Waals surface area (Å²) in [5.41, 5.74) is 6.59. The molecule has 0 aromatic heterocycles. The number of carbonyl (C=O) groups is 1. The molecule has 4 nitrogen and oxygen atoms in total. The smallest absolute Gasteiger partial charge is 0.322 e. The first-order chi connectivity index (χ1) is 8.08. The highest BCUT2D eigenvalue weighted by atomic mass is 35.5. The van der Waals surface area contributed by atoms with Gasteiger partial charge in [-0.3, -0.25) is 4.79 Å². The van der Waals surface area contributed by atoms with Crippen molar-refractivity contribution < 1.29 is 14.3 Å². The lowest BCUT2D eigenvalue weighted by Gasteiger charge is -2.11. The number of esters is 1. The van der Waals surface area contributed by atoms with Crippen LogP contribution in [0, 0.1) is 0 Å². The highest BCUT2D eigenvalue weighted by molar-refractivity contribution is 6.30. The Bertz CT molecular complexity index is 395. The Labute approximate surface area is 106 Å². The van der Waals surface area contributed by atoms with E-state index in [1.165, 1.54) is 7.11 Å². The van der Waals surface area contributed by atoms with Gasteiger partial charge in [0.15, 0.2) is 0 Å². The van der Waals surface area contributed by atoms with E-state index in [2.05, 4.69) is 4.74 Å². The zero-order chi connectivity index (χ0) is 12.8. The van der Waals surface area contributed by atoms with E-state index in [1.54, 1.807) is 19.2 Å². The zero-order valence-electron chi connectivity index (χ0n) is 9.90. The van der Waals surface area contributed by atoms with Crippen LogP contribution in [0.1, 0.15) is 12.0 Å². The minimum absolute atomic E-state index is 0.411. The second-order valence-electron chi connectivity index (χ2n) is 3.62. The predicted octanol–water partition coefficient (Wildman–Crippen LogP) is 1.78. The van der Waals surface area contributed by atoms with Gasteiger partial charge in [-0.1, -0.05) is 11.6 Å². The Morgan fingerprint density at radius 2 is 2.18 bits per heavy atom. The Morgan fingerprint density at radius 3 is 2.76 bits per heavy atom. The number of carbonyl (C=O) groups excluding carboxylic acids is 1. The van der Waals surface area contributed by atoms with Crippen molar-refractivity contribution in [2.24, 2.45) is 5.73 Å². The second kappa shape index (κ2) is 6.47. The van der Waals surface area contributed by atoms with Crippen LogP contribution in [0.3, 0.4) is 0 Å². The van der Waals surface area contributed by atoms with Gasteiger partial charge in [0, 0.05) is 5.02 Å². The Balaban J connectivity index is 2.68. The molecular weight excluding hydrogens is 242 g/mol. The molecule has 0 saturated carbocycles. The average Bonchev–Trinajstić information content (AvgIpc) is 2.35. The second-order valence-corrected chi connectivity index (χ2v) is 4.06. The third-order valence-electron chi connectivity index (χ3n) is 2.47. The molecule has 5 heteroatoms. The molecule has 0 heterocycles. The van der Waals surface area contributed by atoms with Crippen molar-refractivity contribution in [1.29, 1.82) is 0 Å². The van der Waals surface area contributed by atoms with E-state index in [0.29, 0.717) is 17.9 Å². The fraction of sp³-hybridized carbons (Fsp3) is 0.417. The van der Waals surface area contributed by atoms with Crippen molar-refractivity contribution in [1.82, 2.24) is 0 Å². The van der Waals surface area contributed by atoms with Gasteiger partial charge in [0.1, 0.15) is 11.8 Å². The van der Waals surface area contributed by atoms with Crippen LogP contribution in [0.25, 0.3) is 0 Å². The largest absolute Gasteiger partial charge is 0.496 e. The molecule has 2 N–H and O–H groups in total. The number of benzene rings is 1. The third kappa shape index (κ3) is 3.91. The molecule has 0 aliphatic heterocycles. The van der Waals surface area contributed by atoms with E-state index in [9.17, 15) is 4.79 Å². The van der Waals surface area contributed by atoms with Gasteiger partial charge < -0.3 is 15.2 Å². The fourth-order valence-electron chi connectivity index (χ4n) is 1.52. The molecule has 0 amide bonds. The van der Waals surface area contributed by atoms with Crippen LogP contribution in [0.2, 0.25) is 5.02 Å². The summed E-state index contributed by atoms with van der Waals surface area (Å²) >= 11 is 5.90. The number of methoxy groups -OCH3 is 2. The lowest BCUT2D eigenvalue weighted by molar-refractivity contribution is -0.142. The Kier molecular flexibility index (Phi) is 5.25.